The smallest absolute Gasteiger partial charge is 0.264 e. The number of nitrogens with one attached hydrogen (secondary N) is 2. The van der Waals surface area contributed by atoms with Crippen molar-refractivity contribution in [1.29, 1.82) is 0 Å². The van der Waals surface area contributed by atoms with Gasteiger partial charge in [-0.25, -0.2) is 19.3 Å². The Balaban J connectivity index is 1.78. The molecular weight excluding hydrogens is 466 g/mol. The van der Waals surface area contributed by atoms with Crippen molar-refractivity contribution in [2.24, 2.45) is 0 Å². The molecule has 10 heteroatoms. The Morgan fingerprint density at radius 3 is 2.76 bits per heavy atom. The highest BCUT2D eigenvalue weighted by Crippen LogP contribution is 2.32. The molecule has 0 saturated heterocycles. The molecule has 0 spiro atoms. The van der Waals surface area contributed by atoms with E-state index in [2.05, 4.69) is 25.3 Å². The molecule has 0 amide bonds. The average Bonchev–Trinajstić information content (AvgIpc) is 3.30. The molecule has 0 radical (unpaired) electrons. The van der Waals surface area contributed by atoms with E-state index in [0.29, 0.717) is 45.2 Å². The maximum Gasteiger partial charge on any atom is 0.264 e. The maximum absolute atomic E-state index is 14.2. The summed E-state index contributed by atoms with van der Waals surface area (Å²) in [5.74, 6) is -0.143. The average molecular weight is 483 g/mol. The zero-order valence-electron chi connectivity index (χ0n) is 17.3. The van der Waals surface area contributed by atoms with Gasteiger partial charge in [0.1, 0.15) is 17.7 Å². The van der Waals surface area contributed by atoms with Crippen LogP contribution in [0, 0.1) is 5.82 Å². The molecule has 0 aliphatic rings. The molecule has 0 aliphatic heterocycles. The first-order chi connectivity index (χ1) is 16.0. The van der Waals surface area contributed by atoms with Crippen LogP contribution in [0.1, 0.15) is 25.1 Å². The zero-order chi connectivity index (χ0) is 23.1. The number of hydrogen-bond donors (Lipinski definition) is 2. The zero-order valence-corrected chi connectivity index (χ0v) is 18.8. The van der Waals surface area contributed by atoms with Crippen LogP contribution in [0.2, 0.25) is 10.0 Å². The number of aromatic amines is 1. The van der Waals surface area contributed by atoms with E-state index in [4.69, 9.17) is 23.2 Å². The highest BCUT2D eigenvalue weighted by molar-refractivity contribution is 6.35. The second kappa shape index (κ2) is 8.46. The lowest BCUT2D eigenvalue weighted by molar-refractivity contribution is 0.629. The van der Waals surface area contributed by atoms with Crippen molar-refractivity contribution in [3.05, 3.63) is 87.0 Å². The second-order valence-corrected chi connectivity index (χ2v) is 8.20. The van der Waals surface area contributed by atoms with Gasteiger partial charge in [-0.15, -0.1) is 0 Å². The van der Waals surface area contributed by atoms with E-state index in [0.717, 1.165) is 0 Å². The minimum absolute atomic E-state index is 0.0897. The van der Waals surface area contributed by atoms with Gasteiger partial charge in [0.25, 0.3) is 5.56 Å². The number of fused-ring (bicyclic) bond motifs is 2. The maximum atomic E-state index is 14.2. The fourth-order valence-electron chi connectivity index (χ4n) is 3.91. The number of H-pyrrole nitrogens is 1. The SMILES string of the molecule is CC[C@H](Nc1ncnc2[nH]cnc12)c1cc2ccc(F)c(Cl)c2c(=O)n1-c1ccccc1Cl. The number of hydrogen-bond acceptors (Lipinski definition) is 5. The standard InChI is InChI=1S/C23H17Cl2FN6O/c1-2-15(31-22-20-21(28-10-27-20)29-11-30-22)17-9-12-7-8-14(26)19(25)18(12)23(33)32(17)16-6-4-3-5-13(16)24/h3-11,15H,2H2,1H3,(H2,27,28,29,30,31)/t15-/m0/s1. The van der Waals surface area contributed by atoms with Crippen molar-refractivity contribution in [2.45, 2.75) is 19.4 Å². The summed E-state index contributed by atoms with van der Waals surface area (Å²) in [6.07, 6.45) is 3.57. The van der Waals surface area contributed by atoms with E-state index in [1.165, 1.54) is 23.3 Å². The third kappa shape index (κ3) is 3.61. The first-order valence-corrected chi connectivity index (χ1v) is 10.9. The van der Waals surface area contributed by atoms with Crippen molar-refractivity contribution in [1.82, 2.24) is 24.5 Å². The molecule has 0 fully saturated rings. The predicted octanol–water partition coefficient (Wildman–Crippen LogP) is 5.67. The van der Waals surface area contributed by atoms with Gasteiger partial charge in [-0.1, -0.05) is 48.3 Å². The topological polar surface area (TPSA) is 88.5 Å². The molecule has 5 aromatic rings. The summed E-state index contributed by atoms with van der Waals surface area (Å²) < 4.78 is 15.7. The van der Waals surface area contributed by atoms with Crippen LogP contribution in [0.25, 0.3) is 27.6 Å². The van der Waals surface area contributed by atoms with Gasteiger partial charge in [-0.05, 0) is 36.1 Å². The monoisotopic (exact) mass is 482 g/mol. The lowest BCUT2D eigenvalue weighted by atomic mass is 10.0. The summed E-state index contributed by atoms with van der Waals surface area (Å²) >= 11 is 12.7. The molecule has 33 heavy (non-hydrogen) atoms. The Labute approximate surface area is 197 Å². The Bertz CT molecular complexity index is 1560. The summed E-state index contributed by atoms with van der Waals surface area (Å²) in [6, 6.07) is 11.2. The van der Waals surface area contributed by atoms with E-state index >= 15 is 0 Å². The number of halogens is 3. The first-order valence-electron chi connectivity index (χ1n) is 10.2. The number of pyridine rings is 1. The summed E-state index contributed by atoms with van der Waals surface area (Å²) in [6.45, 7) is 1.98. The molecule has 0 aliphatic carbocycles. The molecule has 1 atom stereocenters. The largest absolute Gasteiger partial charge is 0.360 e. The van der Waals surface area contributed by atoms with Crippen LogP contribution in [-0.2, 0) is 0 Å². The molecule has 2 N–H and O–H groups in total. The summed E-state index contributed by atoms with van der Waals surface area (Å²) in [5, 5.41) is 4.15. The van der Waals surface area contributed by atoms with Crippen molar-refractivity contribution in [3.63, 3.8) is 0 Å². The summed E-state index contributed by atoms with van der Waals surface area (Å²) in [7, 11) is 0. The van der Waals surface area contributed by atoms with Gasteiger partial charge in [-0.3, -0.25) is 9.36 Å². The molecule has 3 aromatic heterocycles. The molecule has 2 aromatic carbocycles. The van der Waals surface area contributed by atoms with Crippen molar-refractivity contribution >= 4 is 51.0 Å². The number of nitrogens with zero attached hydrogens (tertiary/aromatic N) is 4. The normalized spacial score (nSPS) is 12.4. The van der Waals surface area contributed by atoms with Gasteiger partial charge in [0, 0.05) is 5.69 Å². The number of anilines is 1. The van der Waals surface area contributed by atoms with Crippen LogP contribution in [0.3, 0.4) is 0 Å². The van der Waals surface area contributed by atoms with E-state index in [9.17, 15) is 9.18 Å². The second-order valence-electron chi connectivity index (χ2n) is 7.41. The van der Waals surface area contributed by atoms with E-state index < -0.39 is 11.4 Å². The fraction of sp³-hybridized carbons (Fsp3) is 0.130. The van der Waals surface area contributed by atoms with E-state index in [1.54, 1.807) is 30.3 Å². The first kappa shape index (κ1) is 21.4. The summed E-state index contributed by atoms with van der Waals surface area (Å²) in [5.41, 5.74) is 1.79. The quantitative estimate of drug-likeness (QED) is 0.337. The van der Waals surface area contributed by atoms with Crippen LogP contribution in [0.5, 0.6) is 0 Å². The van der Waals surface area contributed by atoms with Crippen LogP contribution in [-0.4, -0.2) is 24.5 Å². The van der Waals surface area contributed by atoms with Crippen LogP contribution in [0.15, 0.2) is 59.9 Å². The van der Waals surface area contributed by atoms with Crippen molar-refractivity contribution < 1.29 is 4.39 Å². The van der Waals surface area contributed by atoms with Gasteiger partial charge in [-0.2, -0.15) is 0 Å². The number of benzene rings is 2. The number of aromatic nitrogens is 5. The molecular formula is C23H17Cl2FN6O. The minimum Gasteiger partial charge on any atom is -0.360 e. The lowest BCUT2D eigenvalue weighted by Crippen LogP contribution is -2.27. The highest BCUT2D eigenvalue weighted by atomic mass is 35.5. The molecule has 0 saturated carbocycles. The third-order valence-corrected chi connectivity index (χ3v) is 6.18. The van der Waals surface area contributed by atoms with E-state index in [-0.39, 0.29) is 16.5 Å². The molecule has 166 valence electrons. The Morgan fingerprint density at radius 2 is 1.97 bits per heavy atom. The molecule has 7 nitrogen and oxygen atoms in total. The van der Waals surface area contributed by atoms with Gasteiger partial charge in [0.2, 0.25) is 0 Å². The molecule has 3 heterocycles. The molecule has 0 bridgehead atoms. The van der Waals surface area contributed by atoms with Gasteiger partial charge < -0.3 is 10.3 Å². The summed E-state index contributed by atoms with van der Waals surface area (Å²) in [4.78, 5) is 29.4. The Hall–Kier alpha value is -3.49. The number of imidazole rings is 1. The molecule has 0 unspecified atom stereocenters. The van der Waals surface area contributed by atoms with Crippen LogP contribution >= 0.6 is 23.2 Å². The Kier molecular flexibility index (Phi) is 5.47. The third-order valence-electron chi connectivity index (χ3n) is 5.49. The lowest BCUT2D eigenvalue weighted by Gasteiger charge is -2.24. The number of rotatable bonds is 5. The van der Waals surface area contributed by atoms with E-state index in [1.807, 2.05) is 13.0 Å². The van der Waals surface area contributed by atoms with Gasteiger partial charge in [0.05, 0.1) is 33.5 Å². The Morgan fingerprint density at radius 1 is 1.15 bits per heavy atom. The van der Waals surface area contributed by atoms with Crippen molar-refractivity contribution in [2.75, 3.05) is 5.32 Å². The van der Waals surface area contributed by atoms with Gasteiger partial charge in [0.15, 0.2) is 11.5 Å². The van der Waals surface area contributed by atoms with Gasteiger partial charge >= 0.3 is 0 Å². The predicted molar refractivity (Wildman–Crippen MR) is 128 cm³/mol. The van der Waals surface area contributed by atoms with Crippen LogP contribution < -0.4 is 10.9 Å². The van der Waals surface area contributed by atoms with Crippen molar-refractivity contribution in [3.8, 4) is 5.69 Å². The highest BCUT2D eigenvalue weighted by Gasteiger charge is 2.23. The number of para-hydroxylation sites is 1. The fourth-order valence-corrected chi connectivity index (χ4v) is 4.39. The molecule has 5 rings (SSSR count). The van der Waals surface area contributed by atoms with Crippen LogP contribution in [0.4, 0.5) is 10.2 Å². The minimum atomic E-state index is -0.660.